The fourth-order valence-corrected chi connectivity index (χ4v) is 3.87. The Bertz CT molecular complexity index is 534. The van der Waals surface area contributed by atoms with Crippen molar-refractivity contribution in [1.29, 1.82) is 0 Å². The Kier molecular flexibility index (Phi) is 3.99. The predicted octanol–water partition coefficient (Wildman–Crippen LogP) is 2.04. The van der Waals surface area contributed by atoms with E-state index in [-0.39, 0.29) is 23.0 Å². The Morgan fingerprint density at radius 2 is 1.95 bits per heavy atom. The lowest BCUT2D eigenvalue weighted by Gasteiger charge is -2.18. The van der Waals surface area contributed by atoms with Gasteiger partial charge in [0.25, 0.3) is 0 Å². The molecule has 106 valence electrons. The van der Waals surface area contributed by atoms with Crippen LogP contribution in [0.2, 0.25) is 0 Å². The largest absolute Gasteiger partial charge is 0.392 e. The van der Waals surface area contributed by atoms with Crippen LogP contribution < -0.4 is 4.72 Å². The smallest absolute Gasteiger partial charge is 0.240 e. The summed E-state index contributed by atoms with van der Waals surface area (Å²) in [5, 5.41) is 8.95. The summed E-state index contributed by atoms with van der Waals surface area (Å²) in [7, 11) is -3.45. The molecule has 4 nitrogen and oxygen atoms in total. The molecule has 1 aliphatic rings. The van der Waals surface area contributed by atoms with E-state index in [2.05, 4.69) is 18.6 Å². The first-order chi connectivity index (χ1) is 8.82. The molecular formula is C14H21NO3S. The van der Waals surface area contributed by atoms with E-state index in [0.29, 0.717) is 5.56 Å². The normalized spacial score (nSPS) is 22.6. The molecule has 19 heavy (non-hydrogen) atoms. The van der Waals surface area contributed by atoms with Crippen LogP contribution in [-0.4, -0.2) is 19.6 Å². The van der Waals surface area contributed by atoms with Gasteiger partial charge in [-0.3, -0.25) is 0 Å². The second kappa shape index (κ2) is 5.23. The maximum absolute atomic E-state index is 12.2. The molecule has 5 heteroatoms. The molecule has 0 aromatic heterocycles. The highest BCUT2D eigenvalue weighted by Gasteiger charge is 2.33. The molecule has 0 bridgehead atoms. The van der Waals surface area contributed by atoms with Gasteiger partial charge in [0.1, 0.15) is 0 Å². The second-order valence-electron chi connectivity index (χ2n) is 6.03. The monoisotopic (exact) mass is 283 g/mol. The van der Waals surface area contributed by atoms with Gasteiger partial charge in [-0.2, -0.15) is 0 Å². The van der Waals surface area contributed by atoms with Gasteiger partial charge in [0.2, 0.25) is 10.0 Å². The minimum absolute atomic E-state index is 0.0255. The predicted molar refractivity (Wildman–Crippen MR) is 74.1 cm³/mol. The number of benzene rings is 1. The minimum atomic E-state index is -3.45. The SMILES string of the molecule is CC1(C)CCC(NS(=O)(=O)c2ccc(CO)cc2)C1. The summed E-state index contributed by atoms with van der Waals surface area (Å²) >= 11 is 0. The molecule has 2 rings (SSSR count). The van der Waals surface area contributed by atoms with E-state index >= 15 is 0 Å². The Morgan fingerprint density at radius 3 is 2.42 bits per heavy atom. The Labute approximate surface area is 114 Å². The molecule has 0 radical (unpaired) electrons. The zero-order valence-electron chi connectivity index (χ0n) is 11.4. The number of sulfonamides is 1. The van der Waals surface area contributed by atoms with E-state index in [1.165, 1.54) is 12.1 Å². The molecule has 0 amide bonds. The third-order valence-electron chi connectivity index (χ3n) is 3.71. The van der Waals surface area contributed by atoms with Gasteiger partial charge in [0, 0.05) is 6.04 Å². The van der Waals surface area contributed by atoms with Crippen molar-refractivity contribution < 1.29 is 13.5 Å². The van der Waals surface area contributed by atoms with Crippen LogP contribution in [0.3, 0.4) is 0 Å². The molecule has 0 spiro atoms. The van der Waals surface area contributed by atoms with Crippen molar-refractivity contribution in [2.24, 2.45) is 5.41 Å². The summed E-state index contributed by atoms with van der Waals surface area (Å²) in [5.74, 6) is 0. The average molecular weight is 283 g/mol. The fourth-order valence-electron chi connectivity index (χ4n) is 2.60. The van der Waals surface area contributed by atoms with Gasteiger partial charge >= 0.3 is 0 Å². The zero-order valence-corrected chi connectivity index (χ0v) is 12.2. The number of aliphatic hydroxyl groups excluding tert-OH is 1. The van der Waals surface area contributed by atoms with Crippen molar-refractivity contribution in [2.45, 2.75) is 50.7 Å². The van der Waals surface area contributed by atoms with Crippen molar-refractivity contribution in [1.82, 2.24) is 4.72 Å². The van der Waals surface area contributed by atoms with Gasteiger partial charge < -0.3 is 5.11 Å². The third kappa shape index (κ3) is 3.55. The highest BCUT2D eigenvalue weighted by atomic mass is 32.2. The average Bonchev–Trinajstić information content (AvgIpc) is 2.68. The second-order valence-corrected chi connectivity index (χ2v) is 7.74. The van der Waals surface area contributed by atoms with Crippen LogP contribution in [0, 0.1) is 5.41 Å². The van der Waals surface area contributed by atoms with E-state index < -0.39 is 10.0 Å². The first-order valence-corrected chi connectivity index (χ1v) is 8.03. The highest BCUT2D eigenvalue weighted by molar-refractivity contribution is 7.89. The maximum atomic E-state index is 12.2. The first-order valence-electron chi connectivity index (χ1n) is 6.55. The van der Waals surface area contributed by atoms with Gasteiger partial charge in [-0.05, 0) is 42.4 Å². The van der Waals surface area contributed by atoms with Crippen LogP contribution >= 0.6 is 0 Å². The minimum Gasteiger partial charge on any atom is -0.392 e. The van der Waals surface area contributed by atoms with Gasteiger partial charge in [-0.25, -0.2) is 13.1 Å². The first kappa shape index (κ1) is 14.5. The van der Waals surface area contributed by atoms with Crippen molar-refractivity contribution in [2.75, 3.05) is 0 Å². The Balaban J connectivity index is 2.10. The number of aliphatic hydroxyl groups is 1. The van der Waals surface area contributed by atoms with Crippen molar-refractivity contribution >= 4 is 10.0 Å². The third-order valence-corrected chi connectivity index (χ3v) is 5.24. The van der Waals surface area contributed by atoms with Crippen LogP contribution in [0.25, 0.3) is 0 Å². The molecule has 1 aromatic rings. The van der Waals surface area contributed by atoms with E-state index in [4.69, 9.17) is 5.11 Å². The molecule has 1 unspecified atom stereocenters. The molecule has 1 aliphatic carbocycles. The molecule has 0 aliphatic heterocycles. The van der Waals surface area contributed by atoms with Crippen LogP contribution in [-0.2, 0) is 16.6 Å². The van der Waals surface area contributed by atoms with Gasteiger partial charge in [0.15, 0.2) is 0 Å². The lowest BCUT2D eigenvalue weighted by atomic mass is 9.92. The molecule has 0 saturated heterocycles. The maximum Gasteiger partial charge on any atom is 0.240 e. The zero-order chi connectivity index (χ0) is 14.1. The van der Waals surface area contributed by atoms with Crippen molar-refractivity contribution in [3.63, 3.8) is 0 Å². The van der Waals surface area contributed by atoms with E-state index in [9.17, 15) is 8.42 Å². The molecular weight excluding hydrogens is 262 g/mol. The van der Waals surface area contributed by atoms with Gasteiger partial charge in [-0.15, -0.1) is 0 Å². The number of hydrogen-bond acceptors (Lipinski definition) is 3. The highest BCUT2D eigenvalue weighted by Crippen LogP contribution is 2.37. The topological polar surface area (TPSA) is 66.4 Å². The van der Waals surface area contributed by atoms with E-state index in [0.717, 1.165) is 19.3 Å². The van der Waals surface area contributed by atoms with Crippen LogP contribution in [0.15, 0.2) is 29.2 Å². The molecule has 1 saturated carbocycles. The van der Waals surface area contributed by atoms with Crippen LogP contribution in [0.4, 0.5) is 0 Å². The summed E-state index contributed by atoms with van der Waals surface area (Å²) < 4.78 is 27.2. The molecule has 1 atom stereocenters. The lowest BCUT2D eigenvalue weighted by Crippen LogP contribution is -2.33. The Hall–Kier alpha value is -0.910. The number of nitrogens with one attached hydrogen (secondary N) is 1. The summed E-state index contributed by atoms with van der Waals surface area (Å²) in [4.78, 5) is 0.259. The molecule has 2 N–H and O–H groups in total. The summed E-state index contributed by atoms with van der Waals surface area (Å²) in [6.45, 7) is 4.25. The van der Waals surface area contributed by atoms with Crippen LogP contribution in [0.1, 0.15) is 38.7 Å². The van der Waals surface area contributed by atoms with E-state index in [1.54, 1.807) is 12.1 Å². The van der Waals surface area contributed by atoms with Crippen LogP contribution in [0.5, 0.6) is 0 Å². The molecule has 0 heterocycles. The lowest BCUT2D eigenvalue weighted by molar-refractivity contribution is 0.282. The summed E-state index contributed by atoms with van der Waals surface area (Å²) in [5.41, 5.74) is 0.925. The van der Waals surface area contributed by atoms with E-state index in [1.807, 2.05) is 0 Å². The number of rotatable bonds is 4. The fraction of sp³-hybridized carbons (Fsp3) is 0.571. The summed E-state index contributed by atoms with van der Waals surface area (Å²) in [6, 6.07) is 6.36. The summed E-state index contributed by atoms with van der Waals surface area (Å²) in [6.07, 6.45) is 2.81. The standard InChI is InChI=1S/C14H21NO3S/c1-14(2)8-7-12(9-14)15-19(17,18)13-5-3-11(10-16)4-6-13/h3-6,12,15-16H,7-10H2,1-2H3. The van der Waals surface area contributed by atoms with Gasteiger partial charge in [0.05, 0.1) is 11.5 Å². The quantitative estimate of drug-likeness (QED) is 0.888. The van der Waals surface area contributed by atoms with Gasteiger partial charge in [-0.1, -0.05) is 26.0 Å². The van der Waals surface area contributed by atoms with Crippen molar-refractivity contribution in [3.05, 3.63) is 29.8 Å². The molecule has 1 fully saturated rings. The Morgan fingerprint density at radius 1 is 1.32 bits per heavy atom. The molecule has 1 aromatic carbocycles. The van der Waals surface area contributed by atoms with Crippen molar-refractivity contribution in [3.8, 4) is 0 Å². The number of hydrogen-bond donors (Lipinski definition) is 2.